The Balaban J connectivity index is 2.85. The SMILES string of the molecule is [2H]c1nnc(C(C)C)o1. The Morgan fingerprint density at radius 3 is 2.88 bits per heavy atom. The molecule has 0 unspecified atom stereocenters. The molecule has 1 heterocycles. The zero-order valence-corrected chi connectivity index (χ0v) is 4.88. The van der Waals surface area contributed by atoms with E-state index in [-0.39, 0.29) is 12.3 Å². The Kier molecular flexibility index (Phi) is 0.986. The fraction of sp³-hybridized carbons (Fsp3) is 0.600. The van der Waals surface area contributed by atoms with Crippen LogP contribution in [0.25, 0.3) is 0 Å². The second kappa shape index (κ2) is 1.94. The predicted molar refractivity (Wildman–Crippen MR) is 28.4 cm³/mol. The molecular formula is C5H8N2O. The Hall–Kier alpha value is -0.860. The zero-order chi connectivity index (χ0) is 6.85. The fourth-order valence-corrected chi connectivity index (χ4v) is 0.391. The van der Waals surface area contributed by atoms with E-state index < -0.39 is 0 Å². The Morgan fingerprint density at radius 1 is 1.88 bits per heavy atom. The largest absolute Gasteiger partial charge is 0.428 e. The van der Waals surface area contributed by atoms with Gasteiger partial charge in [-0.2, -0.15) is 0 Å². The highest BCUT2D eigenvalue weighted by molar-refractivity contribution is 4.80. The van der Waals surface area contributed by atoms with Crippen molar-refractivity contribution in [1.29, 1.82) is 0 Å². The molecule has 0 fully saturated rings. The molecule has 0 amide bonds. The first-order chi connectivity index (χ1) is 4.20. The molecule has 0 aliphatic carbocycles. The molecule has 1 rings (SSSR count). The van der Waals surface area contributed by atoms with Gasteiger partial charge in [-0.05, 0) is 0 Å². The lowest BCUT2D eigenvalue weighted by Crippen LogP contribution is -1.85. The molecule has 3 heteroatoms. The van der Waals surface area contributed by atoms with Crippen molar-refractivity contribution in [2.45, 2.75) is 19.8 Å². The summed E-state index contributed by atoms with van der Waals surface area (Å²) in [5.74, 6) is 0.747. The maximum absolute atomic E-state index is 6.87. The molecule has 0 aromatic carbocycles. The Bertz CT molecular complexity index is 197. The number of aromatic nitrogens is 2. The second-order valence-electron chi connectivity index (χ2n) is 1.89. The minimum Gasteiger partial charge on any atom is -0.428 e. The van der Waals surface area contributed by atoms with Crippen LogP contribution in [-0.4, -0.2) is 10.2 Å². The van der Waals surface area contributed by atoms with Crippen molar-refractivity contribution in [3.05, 3.63) is 12.3 Å². The van der Waals surface area contributed by atoms with Crippen LogP contribution in [0.15, 0.2) is 10.8 Å². The van der Waals surface area contributed by atoms with Gasteiger partial charge in [0.1, 0.15) is 1.37 Å². The fourth-order valence-electron chi connectivity index (χ4n) is 0.391. The Labute approximate surface area is 49.1 Å². The van der Waals surface area contributed by atoms with Gasteiger partial charge in [0.2, 0.25) is 12.3 Å². The monoisotopic (exact) mass is 113 g/mol. The van der Waals surface area contributed by atoms with Gasteiger partial charge in [0, 0.05) is 5.92 Å². The normalized spacial score (nSPS) is 12.1. The standard InChI is InChI=1S/C5H8N2O/c1-4(2)5-7-6-3-8-5/h3-4H,1-2H3/i3D. The lowest BCUT2D eigenvalue weighted by molar-refractivity contribution is 0.470. The highest BCUT2D eigenvalue weighted by Gasteiger charge is 2.01. The molecule has 0 aliphatic rings. The minimum atomic E-state index is -0.112. The summed E-state index contributed by atoms with van der Waals surface area (Å²) >= 11 is 0. The molecule has 0 saturated heterocycles. The van der Waals surface area contributed by atoms with Gasteiger partial charge in [-0.3, -0.25) is 0 Å². The quantitative estimate of drug-likeness (QED) is 0.549. The zero-order valence-electron chi connectivity index (χ0n) is 5.88. The third-order valence-electron chi connectivity index (χ3n) is 0.833. The molecule has 44 valence electrons. The van der Waals surface area contributed by atoms with Crippen LogP contribution >= 0.6 is 0 Å². The molecule has 0 radical (unpaired) electrons. The van der Waals surface area contributed by atoms with E-state index in [0.29, 0.717) is 5.89 Å². The number of rotatable bonds is 1. The molecule has 0 aliphatic heterocycles. The first-order valence-electron chi connectivity index (χ1n) is 3.00. The predicted octanol–water partition coefficient (Wildman–Crippen LogP) is 1.19. The van der Waals surface area contributed by atoms with Crippen molar-refractivity contribution in [2.24, 2.45) is 0 Å². The van der Waals surface area contributed by atoms with Crippen LogP contribution in [-0.2, 0) is 0 Å². The smallest absolute Gasteiger partial charge is 0.218 e. The van der Waals surface area contributed by atoms with E-state index in [1.54, 1.807) is 0 Å². The summed E-state index contributed by atoms with van der Waals surface area (Å²) in [6, 6.07) is 0. The average molecular weight is 113 g/mol. The van der Waals surface area contributed by atoms with Crippen LogP contribution in [0.3, 0.4) is 0 Å². The van der Waals surface area contributed by atoms with Gasteiger partial charge in [-0.15, -0.1) is 10.2 Å². The van der Waals surface area contributed by atoms with Crippen molar-refractivity contribution in [3.63, 3.8) is 0 Å². The van der Waals surface area contributed by atoms with E-state index in [9.17, 15) is 0 Å². The Morgan fingerprint density at radius 2 is 2.62 bits per heavy atom. The molecule has 0 bridgehead atoms. The third kappa shape index (κ3) is 0.857. The molecule has 1 aromatic heterocycles. The second-order valence-corrected chi connectivity index (χ2v) is 1.89. The van der Waals surface area contributed by atoms with Gasteiger partial charge in [0.25, 0.3) is 0 Å². The summed E-state index contributed by atoms with van der Waals surface area (Å²) < 4.78 is 11.7. The van der Waals surface area contributed by atoms with Gasteiger partial charge in [0.15, 0.2) is 0 Å². The topological polar surface area (TPSA) is 38.9 Å². The summed E-state index contributed by atoms with van der Waals surface area (Å²) in [6.07, 6.45) is -0.112. The summed E-state index contributed by atoms with van der Waals surface area (Å²) in [6.45, 7) is 3.87. The molecule has 8 heavy (non-hydrogen) atoms. The van der Waals surface area contributed by atoms with Gasteiger partial charge in [0.05, 0.1) is 0 Å². The number of hydrogen-bond donors (Lipinski definition) is 0. The summed E-state index contributed by atoms with van der Waals surface area (Å²) in [4.78, 5) is 0. The van der Waals surface area contributed by atoms with Gasteiger partial charge < -0.3 is 4.42 Å². The molecule has 0 spiro atoms. The van der Waals surface area contributed by atoms with Crippen LogP contribution in [0.1, 0.15) is 27.0 Å². The van der Waals surface area contributed by atoms with Crippen LogP contribution in [0, 0.1) is 0 Å². The lowest BCUT2D eigenvalue weighted by atomic mass is 10.2. The third-order valence-corrected chi connectivity index (χ3v) is 0.833. The maximum atomic E-state index is 6.87. The summed E-state index contributed by atoms with van der Waals surface area (Å²) in [5, 5.41) is 7.00. The summed E-state index contributed by atoms with van der Waals surface area (Å²) in [7, 11) is 0. The van der Waals surface area contributed by atoms with Gasteiger partial charge in [-0.25, -0.2) is 0 Å². The van der Waals surface area contributed by atoms with Gasteiger partial charge in [-0.1, -0.05) is 13.8 Å². The highest BCUT2D eigenvalue weighted by atomic mass is 16.4. The van der Waals surface area contributed by atoms with E-state index in [4.69, 9.17) is 5.79 Å². The van der Waals surface area contributed by atoms with Crippen molar-refractivity contribution in [3.8, 4) is 0 Å². The lowest BCUT2D eigenvalue weighted by Gasteiger charge is -1.91. The molecule has 0 saturated carbocycles. The van der Waals surface area contributed by atoms with E-state index in [1.807, 2.05) is 13.8 Å². The first-order valence-corrected chi connectivity index (χ1v) is 2.50. The highest BCUT2D eigenvalue weighted by Crippen LogP contribution is 2.07. The summed E-state index contributed by atoms with van der Waals surface area (Å²) in [5.41, 5.74) is 0. The molecule has 3 nitrogen and oxygen atoms in total. The van der Waals surface area contributed by atoms with Crippen LogP contribution in [0.2, 0.25) is 0 Å². The minimum absolute atomic E-state index is 0.112. The molecule has 0 atom stereocenters. The van der Waals surface area contributed by atoms with Crippen LogP contribution in [0.5, 0.6) is 0 Å². The van der Waals surface area contributed by atoms with E-state index in [1.165, 1.54) is 0 Å². The van der Waals surface area contributed by atoms with Gasteiger partial charge >= 0.3 is 0 Å². The molecular weight excluding hydrogens is 104 g/mol. The molecule has 0 N–H and O–H groups in total. The van der Waals surface area contributed by atoms with Crippen molar-refractivity contribution in [2.75, 3.05) is 0 Å². The van der Waals surface area contributed by atoms with E-state index >= 15 is 0 Å². The maximum Gasteiger partial charge on any atom is 0.218 e. The van der Waals surface area contributed by atoms with Crippen molar-refractivity contribution < 1.29 is 5.79 Å². The molecule has 1 aromatic rings. The number of nitrogens with zero attached hydrogens (tertiary/aromatic N) is 2. The van der Waals surface area contributed by atoms with Crippen molar-refractivity contribution in [1.82, 2.24) is 10.2 Å². The van der Waals surface area contributed by atoms with E-state index in [2.05, 4.69) is 10.2 Å². The first kappa shape index (κ1) is 4.06. The van der Waals surface area contributed by atoms with Crippen LogP contribution in [0.4, 0.5) is 0 Å². The van der Waals surface area contributed by atoms with Crippen LogP contribution < -0.4 is 0 Å². The average Bonchev–Trinajstić information content (AvgIpc) is 2.14. The van der Waals surface area contributed by atoms with Crippen molar-refractivity contribution >= 4 is 0 Å². The number of hydrogen-bond acceptors (Lipinski definition) is 3. The van der Waals surface area contributed by atoms with E-state index in [0.717, 1.165) is 0 Å².